The topological polar surface area (TPSA) is 49.3 Å². The lowest BCUT2D eigenvalue weighted by atomic mass is 9.91. The fourth-order valence-corrected chi connectivity index (χ4v) is 2.13. The lowest BCUT2D eigenvalue weighted by molar-refractivity contribution is -0.138. The number of carbonyl (C=O) groups is 1. The van der Waals surface area contributed by atoms with E-state index in [1.807, 2.05) is 0 Å². The van der Waals surface area contributed by atoms with Gasteiger partial charge < -0.3 is 10.4 Å². The Hall–Kier alpha value is -0.570. The molecule has 0 saturated carbocycles. The molecule has 1 saturated heterocycles. The van der Waals surface area contributed by atoms with Crippen LogP contribution in [0.15, 0.2) is 0 Å². The van der Waals surface area contributed by atoms with Gasteiger partial charge in [-0.1, -0.05) is 13.3 Å². The van der Waals surface area contributed by atoms with Gasteiger partial charge in [0.1, 0.15) is 0 Å². The van der Waals surface area contributed by atoms with Crippen molar-refractivity contribution in [2.24, 2.45) is 5.92 Å². The summed E-state index contributed by atoms with van der Waals surface area (Å²) < 4.78 is 0. The van der Waals surface area contributed by atoms with Crippen LogP contribution in [0.2, 0.25) is 0 Å². The van der Waals surface area contributed by atoms with E-state index in [9.17, 15) is 4.79 Å². The number of carboxylic acid groups (broad SMARTS) is 1. The fraction of sp³-hybridized carbons (Fsp3) is 0.900. The maximum Gasteiger partial charge on any atom is 0.303 e. The third-order valence-corrected chi connectivity index (χ3v) is 2.85. The molecular weight excluding hydrogens is 166 g/mol. The van der Waals surface area contributed by atoms with E-state index in [1.165, 1.54) is 12.8 Å². The van der Waals surface area contributed by atoms with E-state index < -0.39 is 5.97 Å². The highest BCUT2D eigenvalue weighted by molar-refractivity contribution is 5.67. The average Bonchev–Trinajstić information content (AvgIpc) is 2.28. The van der Waals surface area contributed by atoms with Crippen LogP contribution in [0.1, 0.15) is 39.0 Å². The van der Waals surface area contributed by atoms with Crippen LogP contribution in [0.25, 0.3) is 0 Å². The van der Waals surface area contributed by atoms with Crippen LogP contribution in [0.4, 0.5) is 0 Å². The molecule has 0 amide bonds. The van der Waals surface area contributed by atoms with Crippen LogP contribution in [0, 0.1) is 5.92 Å². The largest absolute Gasteiger partial charge is 0.481 e. The second kappa shape index (κ2) is 5.22. The van der Waals surface area contributed by atoms with E-state index in [0.717, 1.165) is 19.4 Å². The molecule has 13 heavy (non-hydrogen) atoms. The summed E-state index contributed by atoms with van der Waals surface area (Å²) in [7, 11) is 0. The molecule has 0 aromatic carbocycles. The Morgan fingerprint density at radius 1 is 1.54 bits per heavy atom. The standard InChI is InChI=1S/C10H19NO2/c1-2-9-8(7-10(12)13)5-3-4-6-11-9/h8-9,11H,2-7H2,1H3,(H,12,13)/t8-,9-/m0/s1. The maximum absolute atomic E-state index is 10.6. The van der Waals surface area contributed by atoms with Crippen LogP contribution in [-0.2, 0) is 4.79 Å². The monoisotopic (exact) mass is 185 g/mol. The first-order valence-electron chi connectivity index (χ1n) is 5.19. The lowest BCUT2D eigenvalue weighted by Gasteiger charge is -2.22. The average molecular weight is 185 g/mol. The van der Waals surface area contributed by atoms with Crippen LogP contribution in [0.5, 0.6) is 0 Å². The second-order valence-electron chi connectivity index (χ2n) is 3.82. The van der Waals surface area contributed by atoms with Crippen LogP contribution < -0.4 is 5.32 Å². The normalized spacial score (nSPS) is 29.6. The van der Waals surface area contributed by atoms with Crippen molar-refractivity contribution >= 4 is 5.97 Å². The highest BCUT2D eigenvalue weighted by Crippen LogP contribution is 2.21. The highest BCUT2D eigenvalue weighted by atomic mass is 16.4. The van der Waals surface area contributed by atoms with Crippen LogP contribution in [0.3, 0.4) is 0 Å². The molecule has 3 nitrogen and oxygen atoms in total. The first-order chi connectivity index (χ1) is 6.24. The van der Waals surface area contributed by atoms with Crippen molar-refractivity contribution in [1.29, 1.82) is 0 Å². The van der Waals surface area contributed by atoms with Gasteiger partial charge in [-0.25, -0.2) is 0 Å². The lowest BCUT2D eigenvalue weighted by Crippen LogP contribution is -2.35. The van der Waals surface area contributed by atoms with Gasteiger partial charge >= 0.3 is 5.97 Å². The highest BCUT2D eigenvalue weighted by Gasteiger charge is 2.23. The number of hydrogen-bond acceptors (Lipinski definition) is 2. The Kier molecular flexibility index (Phi) is 4.22. The summed E-state index contributed by atoms with van der Waals surface area (Å²) >= 11 is 0. The molecular formula is C10H19NO2. The summed E-state index contributed by atoms with van der Waals surface area (Å²) in [5, 5.41) is 12.2. The second-order valence-corrected chi connectivity index (χ2v) is 3.82. The minimum Gasteiger partial charge on any atom is -0.481 e. The Labute approximate surface area is 79.5 Å². The zero-order chi connectivity index (χ0) is 9.68. The summed E-state index contributed by atoms with van der Waals surface area (Å²) in [6.07, 6.45) is 4.79. The molecule has 0 aromatic rings. The minimum absolute atomic E-state index is 0.325. The van der Waals surface area contributed by atoms with Crippen molar-refractivity contribution in [2.75, 3.05) is 6.54 Å². The molecule has 0 aliphatic carbocycles. The van der Waals surface area contributed by atoms with E-state index in [0.29, 0.717) is 18.4 Å². The van der Waals surface area contributed by atoms with E-state index >= 15 is 0 Å². The summed E-state index contributed by atoms with van der Waals surface area (Å²) in [5.41, 5.74) is 0. The van der Waals surface area contributed by atoms with E-state index in [1.54, 1.807) is 0 Å². The Morgan fingerprint density at radius 3 is 2.92 bits per heavy atom. The van der Waals surface area contributed by atoms with Crippen LogP contribution in [-0.4, -0.2) is 23.7 Å². The third kappa shape index (κ3) is 3.35. The van der Waals surface area contributed by atoms with E-state index in [4.69, 9.17) is 5.11 Å². The maximum atomic E-state index is 10.6. The van der Waals surface area contributed by atoms with Crippen molar-refractivity contribution in [3.05, 3.63) is 0 Å². The molecule has 2 N–H and O–H groups in total. The summed E-state index contributed by atoms with van der Waals surface area (Å²) in [6.45, 7) is 3.17. The summed E-state index contributed by atoms with van der Waals surface area (Å²) in [4.78, 5) is 10.6. The van der Waals surface area contributed by atoms with Crippen molar-refractivity contribution in [3.63, 3.8) is 0 Å². The summed E-state index contributed by atoms with van der Waals surface area (Å²) in [5.74, 6) is -0.322. The predicted octanol–water partition coefficient (Wildman–Crippen LogP) is 1.63. The Bertz CT molecular complexity index is 170. The zero-order valence-electron chi connectivity index (χ0n) is 8.25. The van der Waals surface area contributed by atoms with Gasteiger partial charge in [0.15, 0.2) is 0 Å². The van der Waals surface area contributed by atoms with Gasteiger partial charge in [0.05, 0.1) is 0 Å². The van der Waals surface area contributed by atoms with Gasteiger partial charge in [-0.05, 0) is 31.7 Å². The van der Waals surface area contributed by atoms with E-state index in [2.05, 4.69) is 12.2 Å². The number of rotatable bonds is 3. The SMILES string of the molecule is CC[C@@H]1NCCCC[C@H]1CC(=O)O. The third-order valence-electron chi connectivity index (χ3n) is 2.85. The molecule has 1 rings (SSSR count). The molecule has 76 valence electrons. The molecule has 1 fully saturated rings. The molecule has 0 spiro atoms. The predicted molar refractivity (Wildman–Crippen MR) is 51.7 cm³/mol. The van der Waals surface area contributed by atoms with Crippen molar-refractivity contribution in [1.82, 2.24) is 5.32 Å². The molecule has 0 bridgehead atoms. The van der Waals surface area contributed by atoms with Crippen molar-refractivity contribution < 1.29 is 9.90 Å². The zero-order valence-corrected chi connectivity index (χ0v) is 8.25. The van der Waals surface area contributed by atoms with Crippen molar-refractivity contribution in [2.45, 2.75) is 45.1 Å². The minimum atomic E-state index is -0.660. The van der Waals surface area contributed by atoms with Gasteiger partial charge in [-0.15, -0.1) is 0 Å². The molecule has 1 aliphatic heterocycles. The fourth-order valence-electron chi connectivity index (χ4n) is 2.13. The Balaban J connectivity index is 2.48. The number of carboxylic acids is 1. The van der Waals surface area contributed by atoms with Crippen LogP contribution >= 0.6 is 0 Å². The van der Waals surface area contributed by atoms with Gasteiger partial charge in [-0.3, -0.25) is 4.79 Å². The molecule has 0 aromatic heterocycles. The number of aliphatic carboxylic acids is 1. The summed E-state index contributed by atoms with van der Waals surface area (Å²) in [6, 6.07) is 0.415. The van der Waals surface area contributed by atoms with Gasteiger partial charge in [-0.2, -0.15) is 0 Å². The molecule has 0 radical (unpaired) electrons. The van der Waals surface area contributed by atoms with Gasteiger partial charge in [0.2, 0.25) is 0 Å². The van der Waals surface area contributed by atoms with Gasteiger partial charge in [0.25, 0.3) is 0 Å². The molecule has 1 aliphatic rings. The quantitative estimate of drug-likeness (QED) is 0.702. The number of nitrogens with one attached hydrogen (secondary N) is 1. The number of hydrogen-bond donors (Lipinski definition) is 2. The Morgan fingerprint density at radius 2 is 2.31 bits per heavy atom. The molecule has 1 heterocycles. The first-order valence-corrected chi connectivity index (χ1v) is 5.19. The van der Waals surface area contributed by atoms with Gasteiger partial charge in [0, 0.05) is 12.5 Å². The smallest absolute Gasteiger partial charge is 0.303 e. The van der Waals surface area contributed by atoms with Crippen molar-refractivity contribution in [3.8, 4) is 0 Å². The molecule has 2 atom stereocenters. The van der Waals surface area contributed by atoms with E-state index in [-0.39, 0.29) is 0 Å². The molecule has 0 unspecified atom stereocenters. The molecule has 3 heteroatoms. The first kappa shape index (κ1) is 10.5.